The number of H-pyrrole nitrogens is 1. The third-order valence-corrected chi connectivity index (χ3v) is 4.93. The third kappa shape index (κ3) is 3.18. The molecule has 0 unspecified atom stereocenters. The van der Waals surface area contributed by atoms with E-state index in [2.05, 4.69) is 25.5 Å². The molecular formula is C17H18F3N5O2. The van der Waals surface area contributed by atoms with E-state index in [-0.39, 0.29) is 23.7 Å². The van der Waals surface area contributed by atoms with Gasteiger partial charge in [0.15, 0.2) is 11.5 Å². The Morgan fingerprint density at radius 1 is 1.37 bits per heavy atom. The molecule has 2 aliphatic rings. The smallest absolute Gasteiger partial charge is 0.369 e. The van der Waals surface area contributed by atoms with E-state index in [9.17, 15) is 18.0 Å². The van der Waals surface area contributed by atoms with Crippen LogP contribution in [0, 0.1) is 0 Å². The van der Waals surface area contributed by atoms with Gasteiger partial charge in [-0.2, -0.15) is 18.3 Å². The van der Waals surface area contributed by atoms with Crippen LogP contribution < -0.4 is 5.32 Å². The first-order valence-electron chi connectivity index (χ1n) is 8.65. The second-order valence-electron chi connectivity index (χ2n) is 7.06. The van der Waals surface area contributed by atoms with E-state index in [0.29, 0.717) is 19.3 Å². The van der Waals surface area contributed by atoms with Crippen molar-refractivity contribution >= 4 is 5.91 Å². The van der Waals surface area contributed by atoms with E-state index < -0.39 is 23.3 Å². The van der Waals surface area contributed by atoms with E-state index in [1.165, 1.54) is 0 Å². The highest BCUT2D eigenvalue weighted by Crippen LogP contribution is 2.44. The maximum absolute atomic E-state index is 12.9. The van der Waals surface area contributed by atoms with Gasteiger partial charge in [-0.05, 0) is 32.8 Å². The molecule has 2 aromatic heterocycles. The predicted octanol–water partition coefficient (Wildman–Crippen LogP) is 2.66. The average molecular weight is 381 g/mol. The Morgan fingerprint density at radius 3 is 2.78 bits per heavy atom. The van der Waals surface area contributed by atoms with Crippen molar-refractivity contribution in [1.82, 2.24) is 25.5 Å². The summed E-state index contributed by atoms with van der Waals surface area (Å²) in [5, 5.41) is 9.73. The molecule has 2 atom stereocenters. The van der Waals surface area contributed by atoms with E-state index in [1.54, 1.807) is 0 Å². The lowest BCUT2D eigenvalue weighted by atomic mass is 9.99. The largest absolute Gasteiger partial charge is 0.433 e. The monoisotopic (exact) mass is 381 g/mol. The van der Waals surface area contributed by atoms with Gasteiger partial charge >= 0.3 is 6.18 Å². The number of aromatic nitrogens is 4. The maximum atomic E-state index is 12.9. The number of aromatic amines is 1. The molecule has 0 spiro atoms. The minimum absolute atomic E-state index is 0.0276. The molecule has 7 nitrogen and oxygen atoms in total. The predicted molar refractivity (Wildman–Crippen MR) is 86.7 cm³/mol. The highest BCUT2D eigenvalue weighted by molar-refractivity contribution is 5.94. The van der Waals surface area contributed by atoms with Gasteiger partial charge in [-0.3, -0.25) is 9.89 Å². The minimum atomic E-state index is -4.56. The molecule has 1 fully saturated rings. The average Bonchev–Trinajstić information content (AvgIpc) is 3.24. The number of hydrogen-bond donors (Lipinski definition) is 2. The molecule has 4 rings (SSSR count). The highest BCUT2D eigenvalue weighted by atomic mass is 19.4. The lowest BCUT2D eigenvalue weighted by molar-refractivity contribution is -0.141. The van der Waals surface area contributed by atoms with Crippen LogP contribution >= 0.6 is 0 Å². The van der Waals surface area contributed by atoms with Gasteiger partial charge in [-0.15, -0.1) is 0 Å². The second-order valence-corrected chi connectivity index (χ2v) is 7.06. The molecule has 144 valence electrons. The molecule has 0 aromatic carbocycles. The lowest BCUT2D eigenvalue weighted by Gasteiger charge is -2.25. The summed E-state index contributed by atoms with van der Waals surface area (Å²) in [6.07, 6.45) is -2.28. The van der Waals surface area contributed by atoms with Crippen molar-refractivity contribution in [3.05, 3.63) is 40.7 Å². The molecule has 3 heterocycles. The zero-order valence-corrected chi connectivity index (χ0v) is 14.7. The lowest BCUT2D eigenvalue weighted by Crippen LogP contribution is -2.37. The molecule has 2 N–H and O–H groups in total. The van der Waals surface area contributed by atoms with Gasteiger partial charge in [-0.25, -0.2) is 9.97 Å². The number of ether oxygens (including phenoxy) is 1. The minimum Gasteiger partial charge on any atom is -0.369 e. The summed E-state index contributed by atoms with van der Waals surface area (Å²) in [5.74, 6) is -0.479. The molecule has 1 saturated carbocycles. The Balaban J connectivity index is 1.59. The van der Waals surface area contributed by atoms with Crippen LogP contribution in [0.3, 0.4) is 0 Å². The molecule has 0 radical (unpaired) electrons. The Labute approximate surface area is 152 Å². The Hall–Kier alpha value is -2.49. The molecule has 1 aliphatic heterocycles. The van der Waals surface area contributed by atoms with Crippen LogP contribution in [0.25, 0.3) is 0 Å². The molecule has 0 bridgehead atoms. The second kappa shape index (κ2) is 6.01. The normalized spacial score (nSPS) is 23.6. The summed E-state index contributed by atoms with van der Waals surface area (Å²) in [6.45, 7) is 3.78. The van der Waals surface area contributed by atoms with Crippen LogP contribution in [0.1, 0.15) is 66.1 Å². The SMILES string of the molecule is C[C@@H]1Cc2c(C(=O)NC3(c4nccc(C(F)(F)F)n4)CC3)n[nH]c2[C@H](C)O1. The highest BCUT2D eigenvalue weighted by Gasteiger charge is 2.50. The first-order chi connectivity index (χ1) is 12.7. The Morgan fingerprint density at radius 2 is 2.11 bits per heavy atom. The van der Waals surface area contributed by atoms with Crippen LogP contribution in [0.4, 0.5) is 13.2 Å². The topological polar surface area (TPSA) is 92.8 Å². The molecule has 1 aliphatic carbocycles. The standard InChI is InChI=1S/C17H18F3N5O2/c1-8-7-10-12(9(2)27-8)24-25-13(10)14(26)23-16(4-5-16)15-21-6-3-11(22-15)17(18,19)20/h3,6,8-9H,4-5,7H2,1-2H3,(H,23,26)(H,24,25)/t8-,9+/m1/s1. The molecule has 1 amide bonds. The number of alkyl halides is 3. The van der Waals surface area contributed by atoms with Crippen molar-refractivity contribution in [2.45, 2.75) is 57.0 Å². The van der Waals surface area contributed by atoms with Crippen LogP contribution in [-0.2, 0) is 22.9 Å². The van der Waals surface area contributed by atoms with E-state index >= 15 is 0 Å². The summed E-state index contributed by atoms with van der Waals surface area (Å²) in [6, 6.07) is 0.814. The number of nitrogens with one attached hydrogen (secondary N) is 2. The summed E-state index contributed by atoms with van der Waals surface area (Å²) < 4.78 is 44.5. The van der Waals surface area contributed by atoms with E-state index in [4.69, 9.17) is 4.74 Å². The summed E-state index contributed by atoms with van der Waals surface area (Å²) in [5.41, 5.74) is -0.236. The van der Waals surface area contributed by atoms with Crippen molar-refractivity contribution in [3.8, 4) is 0 Å². The first kappa shape index (κ1) is 17.9. The maximum Gasteiger partial charge on any atom is 0.433 e. The van der Waals surface area contributed by atoms with Gasteiger partial charge in [0.05, 0.1) is 17.9 Å². The summed E-state index contributed by atoms with van der Waals surface area (Å²) in [7, 11) is 0. The number of nitrogens with zero attached hydrogens (tertiary/aromatic N) is 3. The molecule has 0 saturated heterocycles. The van der Waals surface area contributed by atoms with E-state index in [0.717, 1.165) is 23.5 Å². The molecule has 27 heavy (non-hydrogen) atoms. The molecule has 10 heteroatoms. The van der Waals surface area contributed by atoms with E-state index in [1.807, 2.05) is 13.8 Å². The number of halogens is 3. The quantitative estimate of drug-likeness (QED) is 0.853. The van der Waals surface area contributed by atoms with Gasteiger partial charge in [0.25, 0.3) is 5.91 Å². The fraction of sp³-hybridized carbons (Fsp3) is 0.529. The van der Waals surface area contributed by atoms with Crippen molar-refractivity contribution in [2.24, 2.45) is 0 Å². The Bertz CT molecular complexity index is 891. The van der Waals surface area contributed by atoms with Crippen LogP contribution in [0.2, 0.25) is 0 Å². The molecular weight excluding hydrogens is 363 g/mol. The van der Waals surface area contributed by atoms with Gasteiger partial charge in [0, 0.05) is 18.2 Å². The molecule has 2 aromatic rings. The van der Waals surface area contributed by atoms with Crippen molar-refractivity contribution < 1.29 is 22.7 Å². The zero-order valence-electron chi connectivity index (χ0n) is 14.7. The van der Waals surface area contributed by atoms with Gasteiger partial charge in [-0.1, -0.05) is 0 Å². The van der Waals surface area contributed by atoms with Crippen LogP contribution in [0.15, 0.2) is 12.3 Å². The Kier molecular flexibility index (Phi) is 3.99. The fourth-order valence-corrected chi connectivity index (χ4v) is 3.41. The summed E-state index contributed by atoms with van der Waals surface area (Å²) in [4.78, 5) is 20.4. The number of carbonyl (C=O) groups is 1. The number of carbonyl (C=O) groups excluding carboxylic acids is 1. The summed E-state index contributed by atoms with van der Waals surface area (Å²) >= 11 is 0. The van der Waals surface area contributed by atoms with Crippen molar-refractivity contribution in [2.75, 3.05) is 0 Å². The third-order valence-electron chi connectivity index (χ3n) is 4.93. The van der Waals surface area contributed by atoms with Crippen molar-refractivity contribution in [3.63, 3.8) is 0 Å². The number of hydrogen-bond acceptors (Lipinski definition) is 5. The number of rotatable bonds is 3. The first-order valence-corrected chi connectivity index (χ1v) is 8.65. The van der Waals surface area contributed by atoms with Gasteiger partial charge in [0.2, 0.25) is 0 Å². The van der Waals surface area contributed by atoms with Crippen LogP contribution in [-0.4, -0.2) is 32.2 Å². The number of fused-ring (bicyclic) bond motifs is 1. The van der Waals surface area contributed by atoms with Crippen LogP contribution in [0.5, 0.6) is 0 Å². The van der Waals surface area contributed by atoms with Gasteiger partial charge < -0.3 is 10.1 Å². The zero-order chi connectivity index (χ0) is 19.4. The number of amides is 1. The fourth-order valence-electron chi connectivity index (χ4n) is 3.41. The van der Waals surface area contributed by atoms with Crippen molar-refractivity contribution in [1.29, 1.82) is 0 Å². The van der Waals surface area contributed by atoms with Gasteiger partial charge in [0.1, 0.15) is 11.2 Å².